The number of thioether (sulfide) groups is 1. The number of nitrogens with zero attached hydrogens (tertiary/aromatic N) is 1. The van der Waals surface area contributed by atoms with Gasteiger partial charge in [-0.2, -0.15) is 0 Å². The van der Waals surface area contributed by atoms with Crippen molar-refractivity contribution in [1.82, 2.24) is 4.90 Å². The number of carbonyl (C=O) groups is 2. The van der Waals surface area contributed by atoms with Crippen LogP contribution in [0.5, 0.6) is 11.5 Å². The molecule has 0 aliphatic carbocycles. The Kier molecular flexibility index (Phi) is 6.76. The van der Waals surface area contributed by atoms with E-state index in [1.54, 1.807) is 30.3 Å². The second-order valence-electron chi connectivity index (χ2n) is 6.03. The molecule has 8 heteroatoms. The lowest BCUT2D eigenvalue weighted by atomic mass is 10.1. The first-order chi connectivity index (χ1) is 13.9. The van der Waals surface area contributed by atoms with E-state index in [2.05, 4.69) is 22.5 Å². The molecule has 1 aliphatic heterocycles. The average Bonchev–Trinajstić information content (AvgIpc) is 2.94. The largest absolute Gasteiger partial charge is 0.493 e. The summed E-state index contributed by atoms with van der Waals surface area (Å²) in [5.41, 5.74) is 1.34. The maximum absolute atomic E-state index is 13.3. The summed E-state index contributed by atoms with van der Waals surface area (Å²) in [5.74, 6) is 0.195. The molecule has 0 saturated carbocycles. The maximum Gasteiger partial charge on any atom is 0.293 e. The first kappa shape index (κ1) is 21.1. The van der Waals surface area contributed by atoms with Crippen molar-refractivity contribution in [1.29, 1.82) is 0 Å². The van der Waals surface area contributed by atoms with Crippen LogP contribution in [0.15, 0.2) is 58.4 Å². The van der Waals surface area contributed by atoms with Gasteiger partial charge in [-0.05, 0) is 69.2 Å². The van der Waals surface area contributed by atoms with Crippen molar-refractivity contribution in [3.8, 4) is 11.5 Å². The number of halogens is 2. The molecule has 2 aromatic rings. The minimum absolute atomic E-state index is 0.159. The Morgan fingerprint density at radius 1 is 1.28 bits per heavy atom. The quantitative estimate of drug-likeness (QED) is 0.394. The van der Waals surface area contributed by atoms with Crippen molar-refractivity contribution in [2.24, 2.45) is 0 Å². The fourth-order valence-electron chi connectivity index (χ4n) is 2.68. The van der Waals surface area contributed by atoms with Gasteiger partial charge in [0.1, 0.15) is 12.4 Å². The van der Waals surface area contributed by atoms with Gasteiger partial charge in [0.25, 0.3) is 11.1 Å². The van der Waals surface area contributed by atoms with Gasteiger partial charge in [0, 0.05) is 6.54 Å². The molecule has 1 fully saturated rings. The van der Waals surface area contributed by atoms with Crippen LogP contribution in [0.4, 0.5) is 9.18 Å². The highest BCUT2D eigenvalue weighted by Gasteiger charge is 2.34. The van der Waals surface area contributed by atoms with Gasteiger partial charge in [-0.15, -0.1) is 6.58 Å². The molecule has 0 aromatic heterocycles. The van der Waals surface area contributed by atoms with Gasteiger partial charge in [0.15, 0.2) is 11.5 Å². The second kappa shape index (κ2) is 9.28. The molecule has 1 saturated heterocycles. The Labute approximate surface area is 180 Å². The van der Waals surface area contributed by atoms with Crippen LogP contribution in [0.25, 0.3) is 6.08 Å². The zero-order valence-corrected chi connectivity index (χ0v) is 17.9. The lowest BCUT2D eigenvalue weighted by Crippen LogP contribution is -2.27. The van der Waals surface area contributed by atoms with Gasteiger partial charge in [0.05, 0.1) is 16.5 Å². The molecule has 0 radical (unpaired) electrons. The zero-order chi connectivity index (χ0) is 21.0. The van der Waals surface area contributed by atoms with E-state index >= 15 is 0 Å². The predicted molar refractivity (Wildman–Crippen MR) is 114 cm³/mol. The minimum atomic E-state index is -0.360. The first-order valence-corrected chi connectivity index (χ1v) is 10.1. The Morgan fingerprint density at radius 2 is 2.07 bits per heavy atom. The molecule has 3 rings (SSSR count). The number of hydrogen-bond donors (Lipinski definition) is 0. The van der Waals surface area contributed by atoms with Crippen LogP contribution >= 0.6 is 27.7 Å². The molecule has 0 N–H and O–H groups in total. The monoisotopic (exact) mass is 477 g/mol. The summed E-state index contributed by atoms with van der Waals surface area (Å²) in [6, 6.07) is 9.59. The van der Waals surface area contributed by atoms with E-state index in [1.165, 1.54) is 25.3 Å². The number of hydrogen-bond acceptors (Lipinski definition) is 5. The highest BCUT2D eigenvalue weighted by atomic mass is 79.9. The molecule has 29 heavy (non-hydrogen) atoms. The van der Waals surface area contributed by atoms with Gasteiger partial charge in [0.2, 0.25) is 0 Å². The summed E-state index contributed by atoms with van der Waals surface area (Å²) in [7, 11) is 1.50. The van der Waals surface area contributed by atoms with Crippen LogP contribution in [0, 0.1) is 5.82 Å². The van der Waals surface area contributed by atoms with E-state index in [0.29, 0.717) is 32.0 Å². The van der Waals surface area contributed by atoms with E-state index in [-0.39, 0.29) is 30.1 Å². The summed E-state index contributed by atoms with van der Waals surface area (Å²) in [5, 5.41) is -0.331. The van der Waals surface area contributed by atoms with E-state index in [4.69, 9.17) is 9.47 Å². The normalized spacial score (nSPS) is 15.1. The average molecular weight is 478 g/mol. The van der Waals surface area contributed by atoms with E-state index in [9.17, 15) is 14.0 Å². The smallest absolute Gasteiger partial charge is 0.293 e. The van der Waals surface area contributed by atoms with Crippen molar-refractivity contribution in [3.63, 3.8) is 0 Å². The number of imide groups is 1. The van der Waals surface area contributed by atoms with Crippen molar-refractivity contribution in [3.05, 3.63) is 75.4 Å². The van der Waals surface area contributed by atoms with Crippen molar-refractivity contribution in [2.75, 3.05) is 13.7 Å². The summed E-state index contributed by atoms with van der Waals surface area (Å²) < 4.78 is 25.2. The standard InChI is InChI=1S/C21H17BrFNO4S/c1-3-7-24-20(25)18(29-21(24)26)11-14-9-16(22)19(17(10-14)27-2)28-12-13-5-4-6-15(23)8-13/h3-6,8-11H,1,7,12H2,2H3/b18-11+. The van der Waals surface area contributed by atoms with E-state index in [1.807, 2.05) is 0 Å². The van der Waals surface area contributed by atoms with Crippen molar-refractivity contribution >= 4 is 44.9 Å². The van der Waals surface area contributed by atoms with Crippen LogP contribution in [-0.2, 0) is 11.4 Å². The lowest BCUT2D eigenvalue weighted by Gasteiger charge is -2.14. The first-order valence-electron chi connectivity index (χ1n) is 8.54. The number of benzene rings is 2. The number of rotatable bonds is 7. The summed E-state index contributed by atoms with van der Waals surface area (Å²) in [4.78, 5) is 25.8. The summed E-state index contributed by atoms with van der Waals surface area (Å²) in [6.07, 6.45) is 3.13. The van der Waals surface area contributed by atoms with Crippen LogP contribution in [0.2, 0.25) is 0 Å². The Hall–Kier alpha value is -2.58. The Balaban J connectivity index is 1.84. The third-order valence-electron chi connectivity index (χ3n) is 4.01. The molecule has 2 aromatic carbocycles. The predicted octanol–water partition coefficient (Wildman–Crippen LogP) is 5.40. The van der Waals surface area contributed by atoms with Gasteiger partial charge in [-0.3, -0.25) is 14.5 Å². The Morgan fingerprint density at radius 3 is 2.76 bits per heavy atom. The number of amides is 2. The van der Waals surface area contributed by atoms with Crippen LogP contribution < -0.4 is 9.47 Å². The third-order valence-corrected chi connectivity index (χ3v) is 5.50. The summed E-state index contributed by atoms with van der Waals surface area (Å²) >= 11 is 4.33. The molecule has 0 atom stereocenters. The zero-order valence-electron chi connectivity index (χ0n) is 15.5. The number of carbonyl (C=O) groups excluding carboxylic acids is 2. The van der Waals surface area contributed by atoms with Crippen LogP contribution in [-0.4, -0.2) is 29.7 Å². The number of ether oxygens (including phenoxy) is 2. The molecule has 0 spiro atoms. The summed E-state index contributed by atoms with van der Waals surface area (Å²) in [6.45, 7) is 3.89. The van der Waals surface area contributed by atoms with Crippen LogP contribution in [0.1, 0.15) is 11.1 Å². The molecule has 5 nitrogen and oxygen atoms in total. The van der Waals surface area contributed by atoms with E-state index in [0.717, 1.165) is 16.7 Å². The maximum atomic E-state index is 13.3. The molecule has 1 aliphatic rings. The molecule has 0 unspecified atom stereocenters. The van der Waals surface area contributed by atoms with Gasteiger partial charge >= 0.3 is 0 Å². The molecule has 150 valence electrons. The lowest BCUT2D eigenvalue weighted by molar-refractivity contribution is -0.122. The number of methoxy groups -OCH3 is 1. The fourth-order valence-corrected chi connectivity index (χ4v) is 4.11. The van der Waals surface area contributed by atoms with Gasteiger partial charge < -0.3 is 9.47 Å². The SMILES string of the molecule is C=CCN1C(=O)S/C(=C/c2cc(Br)c(OCc3cccc(F)c3)c(OC)c2)C1=O. The Bertz CT molecular complexity index is 1010. The molecular formula is C21H17BrFNO4S. The highest BCUT2D eigenvalue weighted by Crippen LogP contribution is 2.39. The minimum Gasteiger partial charge on any atom is -0.493 e. The third kappa shape index (κ3) is 4.89. The van der Waals surface area contributed by atoms with E-state index < -0.39 is 0 Å². The molecular weight excluding hydrogens is 461 g/mol. The molecule has 2 amide bonds. The van der Waals surface area contributed by atoms with Crippen molar-refractivity contribution in [2.45, 2.75) is 6.61 Å². The fraction of sp³-hybridized carbons (Fsp3) is 0.143. The molecule has 0 bridgehead atoms. The highest BCUT2D eigenvalue weighted by molar-refractivity contribution is 9.10. The van der Waals surface area contributed by atoms with Crippen molar-refractivity contribution < 1.29 is 23.5 Å². The van der Waals surface area contributed by atoms with Crippen LogP contribution in [0.3, 0.4) is 0 Å². The molecule has 1 heterocycles. The topological polar surface area (TPSA) is 55.8 Å². The van der Waals surface area contributed by atoms with Gasteiger partial charge in [-0.25, -0.2) is 4.39 Å². The second-order valence-corrected chi connectivity index (χ2v) is 7.88. The van der Waals surface area contributed by atoms with Gasteiger partial charge in [-0.1, -0.05) is 18.2 Å².